The Bertz CT molecular complexity index is 661. The van der Waals surface area contributed by atoms with Crippen LogP contribution in [0.25, 0.3) is 0 Å². The number of aromatic nitrogens is 1. The first kappa shape index (κ1) is 14.8. The standard InChI is InChI=1S/C16H18N2O3/c1-16(2,3)11-4-5-12(19)13(14(11)20)18-15(21)10-6-8-17-9-7-10/h4-9,19-20H,1-3H3,(H,18,21). The fourth-order valence-corrected chi connectivity index (χ4v) is 2.00. The Morgan fingerprint density at radius 3 is 2.29 bits per heavy atom. The highest BCUT2D eigenvalue weighted by Crippen LogP contribution is 2.41. The van der Waals surface area contributed by atoms with Crippen LogP contribution in [0.4, 0.5) is 5.69 Å². The van der Waals surface area contributed by atoms with Crippen LogP contribution in [0.5, 0.6) is 11.5 Å². The maximum atomic E-state index is 12.1. The third-order valence-corrected chi connectivity index (χ3v) is 3.14. The molecule has 2 rings (SSSR count). The van der Waals surface area contributed by atoms with Gasteiger partial charge in [0.15, 0.2) is 0 Å². The summed E-state index contributed by atoms with van der Waals surface area (Å²) in [4.78, 5) is 16.0. The number of carbonyl (C=O) groups is 1. The molecule has 2 aromatic rings. The minimum absolute atomic E-state index is 0.0178. The largest absolute Gasteiger partial charge is 0.506 e. The molecule has 3 N–H and O–H groups in total. The molecule has 0 aliphatic rings. The van der Waals surface area contributed by atoms with Crippen molar-refractivity contribution in [3.05, 3.63) is 47.8 Å². The van der Waals surface area contributed by atoms with Gasteiger partial charge < -0.3 is 15.5 Å². The first-order valence-corrected chi connectivity index (χ1v) is 6.57. The lowest BCUT2D eigenvalue weighted by molar-refractivity contribution is 0.102. The second kappa shape index (κ2) is 5.44. The Morgan fingerprint density at radius 2 is 1.71 bits per heavy atom. The van der Waals surface area contributed by atoms with Gasteiger partial charge in [-0.3, -0.25) is 9.78 Å². The van der Waals surface area contributed by atoms with Gasteiger partial charge in [0.05, 0.1) is 0 Å². The smallest absolute Gasteiger partial charge is 0.255 e. The number of hydrogen-bond acceptors (Lipinski definition) is 4. The Kier molecular flexibility index (Phi) is 3.84. The third kappa shape index (κ3) is 3.13. The van der Waals surface area contributed by atoms with Gasteiger partial charge in [-0.05, 0) is 23.6 Å². The van der Waals surface area contributed by atoms with Crippen molar-refractivity contribution in [3.63, 3.8) is 0 Å². The van der Waals surface area contributed by atoms with Crippen molar-refractivity contribution >= 4 is 11.6 Å². The predicted octanol–water partition coefficient (Wildman–Crippen LogP) is 3.04. The molecule has 5 nitrogen and oxygen atoms in total. The van der Waals surface area contributed by atoms with Crippen LogP contribution in [0, 0.1) is 0 Å². The summed E-state index contributed by atoms with van der Waals surface area (Å²) in [6.07, 6.45) is 3.00. The molecule has 110 valence electrons. The summed E-state index contributed by atoms with van der Waals surface area (Å²) < 4.78 is 0. The molecule has 0 unspecified atom stereocenters. The van der Waals surface area contributed by atoms with E-state index >= 15 is 0 Å². The molecule has 0 saturated carbocycles. The molecule has 21 heavy (non-hydrogen) atoms. The van der Waals surface area contributed by atoms with Gasteiger partial charge in [0, 0.05) is 23.5 Å². The second-order valence-electron chi connectivity index (χ2n) is 5.80. The van der Waals surface area contributed by atoms with Crippen molar-refractivity contribution in [1.82, 2.24) is 4.98 Å². The molecule has 0 fully saturated rings. The number of nitrogens with zero attached hydrogens (tertiary/aromatic N) is 1. The number of anilines is 1. The van der Waals surface area contributed by atoms with Gasteiger partial charge >= 0.3 is 0 Å². The number of amides is 1. The van der Waals surface area contributed by atoms with Crippen LogP contribution in [0.3, 0.4) is 0 Å². The fraction of sp³-hybridized carbons (Fsp3) is 0.250. The van der Waals surface area contributed by atoms with Gasteiger partial charge in [-0.15, -0.1) is 0 Å². The highest BCUT2D eigenvalue weighted by Gasteiger charge is 2.23. The van der Waals surface area contributed by atoms with Crippen LogP contribution in [0.2, 0.25) is 0 Å². The molecular weight excluding hydrogens is 268 g/mol. The molecule has 0 bridgehead atoms. The number of pyridine rings is 1. The lowest BCUT2D eigenvalue weighted by atomic mass is 9.86. The third-order valence-electron chi connectivity index (χ3n) is 3.14. The first-order valence-electron chi connectivity index (χ1n) is 6.57. The number of benzene rings is 1. The van der Waals surface area contributed by atoms with E-state index in [-0.39, 0.29) is 22.6 Å². The van der Waals surface area contributed by atoms with Crippen LogP contribution in [-0.2, 0) is 5.41 Å². The molecule has 0 saturated heterocycles. The van der Waals surface area contributed by atoms with Crippen LogP contribution >= 0.6 is 0 Å². The zero-order valence-electron chi connectivity index (χ0n) is 12.2. The average molecular weight is 286 g/mol. The maximum absolute atomic E-state index is 12.1. The lowest BCUT2D eigenvalue weighted by Gasteiger charge is -2.22. The van der Waals surface area contributed by atoms with Crippen molar-refractivity contribution in [1.29, 1.82) is 0 Å². The monoisotopic (exact) mass is 286 g/mol. The summed E-state index contributed by atoms with van der Waals surface area (Å²) in [7, 11) is 0. The minimum atomic E-state index is -0.422. The normalized spacial score (nSPS) is 11.2. The van der Waals surface area contributed by atoms with Gasteiger partial charge in [0.2, 0.25) is 0 Å². The van der Waals surface area contributed by atoms with Crippen molar-refractivity contribution in [2.45, 2.75) is 26.2 Å². The van der Waals surface area contributed by atoms with E-state index in [1.807, 2.05) is 20.8 Å². The molecule has 0 aliphatic heterocycles. The molecule has 5 heteroatoms. The quantitative estimate of drug-likeness (QED) is 0.741. The van der Waals surface area contributed by atoms with Crippen molar-refractivity contribution in [2.24, 2.45) is 0 Å². The van der Waals surface area contributed by atoms with E-state index in [0.717, 1.165) is 0 Å². The Morgan fingerprint density at radius 1 is 1.10 bits per heavy atom. The topological polar surface area (TPSA) is 82.5 Å². The summed E-state index contributed by atoms with van der Waals surface area (Å²) in [6, 6.07) is 6.21. The van der Waals surface area contributed by atoms with E-state index < -0.39 is 5.91 Å². The van der Waals surface area contributed by atoms with Crippen LogP contribution in [0.1, 0.15) is 36.7 Å². The summed E-state index contributed by atoms with van der Waals surface area (Å²) in [5.41, 5.74) is 0.744. The summed E-state index contributed by atoms with van der Waals surface area (Å²) >= 11 is 0. The van der Waals surface area contributed by atoms with Crippen LogP contribution < -0.4 is 5.32 Å². The van der Waals surface area contributed by atoms with Gasteiger partial charge in [0.25, 0.3) is 5.91 Å². The molecule has 0 aliphatic carbocycles. The SMILES string of the molecule is CC(C)(C)c1ccc(O)c(NC(=O)c2ccncc2)c1O. The van der Waals surface area contributed by atoms with Gasteiger partial charge in [0.1, 0.15) is 17.2 Å². The van der Waals surface area contributed by atoms with Crippen molar-refractivity contribution < 1.29 is 15.0 Å². The molecule has 0 radical (unpaired) electrons. The fourth-order valence-electron chi connectivity index (χ4n) is 2.00. The number of hydrogen-bond donors (Lipinski definition) is 3. The van der Waals surface area contributed by atoms with E-state index in [0.29, 0.717) is 11.1 Å². The molecule has 1 aromatic heterocycles. The van der Waals surface area contributed by atoms with E-state index in [1.54, 1.807) is 18.2 Å². The van der Waals surface area contributed by atoms with Crippen molar-refractivity contribution in [3.8, 4) is 11.5 Å². The number of phenolic OH excluding ortho intramolecular Hbond substituents is 2. The Balaban J connectivity index is 2.39. The molecule has 1 amide bonds. The predicted molar refractivity (Wildman–Crippen MR) is 80.7 cm³/mol. The maximum Gasteiger partial charge on any atom is 0.255 e. The molecular formula is C16H18N2O3. The average Bonchev–Trinajstić information content (AvgIpc) is 2.42. The highest BCUT2D eigenvalue weighted by molar-refractivity contribution is 6.05. The minimum Gasteiger partial charge on any atom is -0.506 e. The Hall–Kier alpha value is -2.56. The zero-order valence-corrected chi connectivity index (χ0v) is 12.2. The van der Waals surface area contributed by atoms with Gasteiger partial charge in [-0.2, -0.15) is 0 Å². The van der Waals surface area contributed by atoms with Crippen LogP contribution in [0.15, 0.2) is 36.7 Å². The second-order valence-corrected chi connectivity index (χ2v) is 5.80. The molecule has 0 spiro atoms. The number of aromatic hydroxyl groups is 2. The molecule has 1 heterocycles. The summed E-state index contributed by atoms with van der Waals surface area (Å²) in [5, 5.41) is 22.7. The highest BCUT2D eigenvalue weighted by atomic mass is 16.3. The molecule has 0 atom stereocenters. The first-order chi connectivity index (χ1) is 9.80. The van der Waals surface area contributed by atoms with Gasteiger partial charge in [-0.25, -0.2) is 0 Å². The molecule has 1 aromatic carbocycles. The number of phenols is 2. The van der Waals surface area contributed by atoms with Crippen LogP contribution in [-0.4, -0.2) is 21.1 Å². The number of nitrogens with one attached hydrogen (secondary N) is 1. The summed E-state index contributed by atoms with van der Waals surface area (Å²) in [5.74, 6) is -0.720. The zero-order chi connectivity index (χ0) is 15.6. The lowest BCUT2D eigenvalue weighted by Crippen LogP contribution is -2.15. The summed E-state index contributed by atoms with van der Waals surface area (Å²) in [6.45, 7) is 5.81. The number of carbonyl (C=O) groups excluding carboxylic acids is 1. The van der Waals surface area contributed by atoms with E-state index in [9.17, 15) is 15.0 Å². The van der Waals surface area contributed by atoms with Crippen molar-refractivity contribution in [2.75, 3.05) is 5.32 Å². The number of rotatable bonds is 2. The Labute approximate surface area is 123 Å². The van der Waals surface area contributed by atoms with E-state index in [1.165, 1.54) is 18.5 Å². The van der Waals surface area contributed by atoms with E-state index in [2.05, 4.69) is 10.3 Å². The van der Waals surface area contributed by atoms with Gasteiger partial charge in [-0.1, -0.05) is 26.8 Å². The van der Waals surface area contributed by atoms with E-state index in [4.69, 9.17) is 0 Å².